The van der Waals surface area contributed by atoms with E-state index in [1.807, 2.05) is 25.9 Å². The van der Waals surface area contributed by atoms with Crippen LogP contribution in [0.15, 0.2) is 0 Å². The number of nitrogens with zero attached hydrogens (tertiary/aromatic N) is 2. The van der Waals surface area contributed by atoms with Crippen molar-refractivity contribution in [3.8, 4) is 0 Å². The molecule has 1 aromatic rings. The van der Waals surface area contributed by atoms with Crippen molar-refractivity contribution in [1.82, 2.24) is 10.3 Å². The molecule has 0 radical (unpaired) electrons. The highest BCUT2D eigenvalue weighted by atomic mass is 32.1. The van der Waals surface area contributed by atoms with E-state index in [9.17, 15) is 4.79 Å². The maximum Gasteiger partial charge on any atom is 0.265 e. The zero-order valence-corrected chi connectivity index (χ0v) is 12.3. The molecule has 0 bridgehead atoms. The molecule has 2 heterocycles. The molecule has 1 aromatic heterocycles. The Hall–Kier alpha value is -1.34. The Morgan fingerprint density at radius 2 is 2.32 bits per heavy atom. The van der Waals surface area contributed by atoms with E-state index >= 15 is 0 Å². The molecular formula is C12H20N4O2S. The molecule has 1 aliphatic heterocycles. The molecule has 2 rings (SSSR count). The lowest BCUT2D eigenvalue weighted by atomic mass is 10.0. The van der Waals surface area contributed by atoms with Crippen LogP contribution in [0.25, 0.3) is 0 Å². The number of anilines is 2. The molecule has 1 fully saturated rings. The number of nitrogens with one attached hydrogen (secondary N) is 1. The number of aromatic nitrogens is 1. The molecule has 0 aliphatic carbocycles. The molecule has 1 aliphatic rings. The third-order valence-corrected chi connectivity index (χ3v) is 4.29. The zero-order valence-electron chi connectivity index (χ0n) is 11.5. The van der Waals surface area contributed by atoms with Gasteiger partial charge in [0.05, 0.1) is 6.10 Å². The highest BCUT2D eigenvalue weighted by Crippen LogP contribution is 2.27. The van der Waals surface area contributed by atoms with Crippen LogP contribution < -0.4 is 16.0 Å². The SMILES string of the molecule is CC1CC(NC(=O)c2sc(N(C)C)nc2N)CCO1. The molecule has 19 heavy (non-hydrogen) atoms. The summed E-state index contributed by atoms with van der Waals surface area (Å²) in [6.45, 7) is 2.71. The van der Waals surface area contributed by atoms with Crippen molar-refractivity contribution in [1.29, 1.82) is 0 Å². The van der Waals surface area contributed by atoms with Gasteiger partial charge in [-0.1, -0.05) is 11.3 Å². The van der Waals surface area contributed by atoms with Crippen LogP contribution in [0.1, 0.15) is 29.4 Å². The first-order valence-corrected chi connectivity index (χ1v) is 7.15. The second kappa shape index (κ2) is 5.75. The summed E-state index contributed by atoms with van der Waals surface area (Å²) in [5.74, 6) is 0.161. The Kier molecular flexibility index (Phi) is 4.26. The van der Waals surface area contributed by atoms with Crippen LogP contribution in [-0.2, 0) is 4.74 Å². The fourth-order valence-corrected chi connectivity index (χ4v) is 2.87. The Bertz CT molecular complexity index is 461. The van der Waals surface area contributed by atoms with Crippen molar-refractivity contribution in [3.63, 3.8) is 0 Å². The minimum atomic E-state index is -0.137. The third kappa shape index (κ3) is 3.36. The second-order valence-electron chi connectivity index (χ2n) is 4.98. The largest absolute Gasteiger partial charge is 0.382 e. The van der Waals surface area contributed by atoms with E-state index < -0.39 is 0 Å². The maximum atomic E-state index is 12.2. The van der Waals surface area contributed by atoms with E-state index in [0.29, 0.717) is 17.3 Å². The first-order valence-electron chi connectivity index (χ1n) is 6.33. The van der Waals surface area contributed by atoms with Gasteiger partial charge in [0.1, 0.15) is 10.7 Å². The Morgan fingerprint density at radius 1 is 1.58 bits per heavy atom. The van der Waals surface area contributed by atoms with Crippen molar-refractivity contribution in [2.45, 2.75) is 31.9 Å². The molecule has 0 spiro atoms. The number of amides is 1. The topological polar surface area (TPSA) is 80.5 Å². The van der Waals surface area contributed by atoms with E-state index in [1.165, 1.54) is 11.3 Å². The molecule has 6 nitrogen and oxygen atoms in total. The maximum absolute atomic E-state index is 12.2. The summed E-state index contributed by atoms with van der Waals surface area (Å²) in [7, 11) is 3.75. The van der Waals surface area contributed by atoms with Crippen molar-refractivity contribution in [2.24, 2.45) is 0 Å². The van der Waals surface area contributed by atoms with E-state index in [-0.39, 0.29) is 18.1 Å². The van der Waals surface area contributed by atoms with Gasteiger partial charge in [-0.05, 0) is 19.8 Å². The van der Waals surface area contributed by atoms with Crippen LogP contribution in [0.5, 0.6) is 0 Å². The number of ether oxygens (including phenoxy) is 1. The van der Waals surface area contributed by atoms with Crippen LogP contribution in [0.3, 0.4) is 0 Å². The molecule has 0 aromatic carbocycles. The van der Waals surface area contributed by atoms with Crippen LogP contribution in [0.2, 0.25) is 0 Å². The summed E-state index contributed by atoms with van der Waals surface area (Å²) >= 11 is 1.31. The number of nitrogen functional groups attached to an aromatic ring is 1. The predicted molar refractivity (Wildman–Crippen MR) is 76.8 cm³/mol. The van der Waals surface area contributed by atoms with Crippen molar-refractivity contribution < 1.29 is 9.53 Å². The molecule has 2 atom stereocenters. The molecule has 3 N–H and O–H groups in total. The standard InChI is InChI=1S/C12H20N4O2S/c1-7-6-8(4-5-18-7)14-11(17)9-10(13)15-12(19-9)16(2)3/h7-8H,4-6,13H2,1-3H3,(H,14,17). The van der Waals surface area contributed by atoms with Gasteiger partial charge in [-0.15, -0.1) is 0 Å². The van der Waals surface area contributed by atoms with Gasteiger partial charge < -0.3 is 20.7 Å². The fourth-order valence-electron chi connectivity index (χ4n) is 2.05. The van der Waals surface area contributed by atoms with E-state index in [2.05, 4.69) is 10.3 Å². The fraction of sp³-hybridized carbons (Fsp3) is 0.667. The summed E-state index contributed by atoms with van der Waals surface area (Å²) < 4.78 is 5.46. The first kappa shape index (κ1) is 14.1. The number of thiazole rings is 1. The van der Waals surface area contributed by atoms with Crippen LogP contribution >= 0.6 is 11.3 Å². The Balaban J connectivity index is 2.03. The number of nitrogens with two attached hydrogens (primary N) is 1. The summed E-state index contributed by atoms with van der Waals surface area (Å²) in [5, 5.41) is 3.75. The van der Waals surface area contributed by atoms with Gasteiger partial charge >= 0.3 is 0 Å². The molecule has 2 unspecified atom stereocenters. The molecule has 1 amide bonds. The minimum Gasteiger partial charge on any atom is -0.382 e. The molecule has 0 saturated carbocycles. The third-order valence-electron chi connectivity index (χ3n) is 3.05. The average Bonchev–Trinajstić information content (AvgIpc) is 2.71. The predicted octanol–water partition coefficient (Wildman–Crippen LogP) is 1.09. The van der Waals surface area contributed by atoms with Gasteiger partial charge in [-0.25, -0.2) is 4.98 Å². The number of rotatable bonds is 3. The molecule has 1 saturated heterocycles. The van der Waals surface area contributed by atoms with Gasteiger partial charge in [0.15, 0.2) is 5.13 Å². The quantitative estimate of drug-likeness (QED) is 0.868. The molecule has 106 valence electrons. The van der Waals surface area contributed by atoms with Crippen molar-refractivity contribution in [3.05, 3.63) is 4.88 Å². The van der Waals surface area contributed by atoms with E-state index in [0.717, 1.165) is 18.0 Å². The van der Waals surface area contributed by atoms with E-state index in [4.69, 9.17) is 10.5 Å². The normalized spacial score (nSPS) is 23.1. The van der Waals surface area contributed by atoms with Crippen molar-refractivity contribution >= 4 is 28.2 Å². The lowest BCUT2D eigenvalue weighted by Crippen LogP contribution is -2.41. The summed E-state index contributed by atoms with van der Waals surface area (Å²) in [5.41, 5.74) is 5.80. The smallest absolute Gasteiger partial charge is 0.265 e. The highest BCUT2D eigenvalue weighted by molar-refractivity contribution is 7.18. The Labute approximate surface area is 116 Å². The van der Waals surface area contributed by atoms with E-state index in [1.54, 1.807) is 0 Å². The van der Waals surface area contributed by atoms with Gasteiger partial charge in [0.25, 0.3) is 5.91 Å². The van der Waals surface area contributed by atoms with Crippen LogP contribution in [0, 0.1) is 0 Å². The molecular weight excluding hydrogens is 264 g/mol. The average molecular weight is 284 g/mol. The van der Waals surface area contributed by atoms with Crippen LogP contribution in [-0.4, -0.2) is 43.7 Å². The number of hydrogen-bond donors (Lipinski definition) is 2. The van der Waals surface area contributed by atoms with Gasteiger partial charge in [-0.2, -0.15) is 0 Å². The zero-order chi connectivity index (χ0) is 14.0. The number of carbonyl (C=O) groups excluding carboxylic acids is 1. The number of hydrogen-bond acceptors (Lipinski definition) is 6. The summed E-state index contributed by atoms with van der Waals surface area (Å²) in [4.78, 5) is 18.7. The highest BCUT2D eigenvalue weighted by Gasteiger charge is 2.24. The van der Waals surface area contributed by atoms with Crippen molar-refractivity contribution in [2.75, 3.05) is 31.3 Å². The first-order chi connectivity index (χ1) is 8.97. The summed E-state index contributed by atoms with van der Waals surface area (Å²) in [6.07, 6.45) is 1.87. The summed E-state index contributed by atoms with van der Waals surface area (Å²) in [6, 6.07) is 0.153. The van der Waals surface area contributed by atoms with Gasteiger partial charge in [0.2, 0.25) is 0 Å². The van der Waals surface area contributed by atoms with Gasteiger partial charge in [-0.3, -0.25) is 4.79 Å². The van der Waals surface area contributed by atoms with Crippen LogP contribution in [0.4, 0.5) is 10.9 Å². The number of carbonyl (C=O) groups is 1. The second-order valence-corrected chi connectivity index (χ2v) is 5.96. The lowest BCUT2D eigenvalue weighted by Gasteiger charge is -2.27. The minimum absolute atomic E-state index is 0.137. The molecule has 7 heteroatoms. The monoisotopic (exact) mass is 284 g/mol. The lowest BCUT2D eigenvalue weighted by molar-refractivity contribution is 0.0137. The van der Waals surface area contributed by atoms with Gasteiger partial charge in [0, 0.05) is 26.7 Å². The Morgan fingerprint density at radius 3 is 2.89 bits per heavy atom.